The number of carbonyl (C=O) groups is 1. The fourth-order valence-electron chi connectivity index (χ4n) is 1.94. The normalized spacial score (nSPS) is 12.0. The predicted molar refractivity (Wildman–Crippen MR) is 88.2 cm³/mol. The van der Waals surface area contributed by atoms with Gasteiger partial charge in [-0.15, -0.1) is 0 Å². The van der Waals surface area contributed by atoms with Gasteiger partial charge in [0.1, 0.15) is 5.82 Å². The zero-order chi connectivity index (χ0) is 18.4. The lowest BCUT2D eigenvalue weighted by molar-refractivity contribution is -0.132. The topological polar surface area (TPSA) is 117 Å². The van der Waals surface area contributed by atoms with Gasteiger partial charge in [0, 0.05) is 36.3 Å². The highest BCUT2D eigenvalue weighted by molar-refractivity contribution is 6.08. The Labute approximate surface area is 140 Å². The molecule has 0 saturated carbocycles. The summed E-state index contributed by atoms with van der Waals surface area (Å²) in [4.78, 5) is 20.0. The van der Waals surface area contributed by atoms with Gasteiger partial charge in [0.15, 0.2) is 0 Å². The van der Waals surface area contributed by atoms with Crippen molar-refractivity contribution in [1.82, 2.24) is 15.3 Å². The van der Waals surface area contributed by atoms with E-state index in [-0.39, 0.29) is 5.82 Å². The van der Waals surface area contributed by atoms with E-state index in [0.29, 0.717) is 22.2 Å². The lowest BCUT2D eigenvalue weighted by atomic mass is 10.1. The molecule has 0 aliphatic rings. The van der Waals surface area contributed by atoms with Crippen LogP contribution in [-0.4, -0.2) is 34.9 Å². The molecule has 0 fully saturated rings. The number of halogens is 3. The molecular weight excluding hydrogens is 337 g/mol. The molecule has 2 amide bonds. The third-order valence-corrected chi connectivity index (χ3v) is 3.14. The lowest BCUT2D eigenvalue weighted by Crippen LogP contribution is -2.32. The van der Waals surface area contributed by atoms with E-state index in [1.165, 1.54) is 18.5 Å². The summed E-state index contributed by atoms with van der Waals surface area (Å²) in [6, 6.07) is 3.93. The van der Waals surface area contributed by atoms with Crippen molar-refractivity contribution in [2.75, 3.05) is 11.9 Å². The number of urea groups is 1. The molecule has 2 rings (SSSR count). The van der Waals surface area contributed by atoms with Crippen LogP contribution in [0.3, 0.4) is 0 Å². The molecule has 5 N–H and O–H groups in total. The molecule has 7 nitrogen and oxygen atoms in total. The Morgan fingerprint density at radius 1 is 1.32 bits per heavy atom. The molecule has 0 unspecified atom stereocenters. The van der Waals surface area contributed by atoms with Gasteiger partial charge >= 0.3 is 12.2 Å². The van der Waals surface area contributed by atoms with Crippen LogP contribution < -0.4 is 16.4 Å². The SMILES string of the molecule is N=C/C(=C\N)c1cnc2ccc(NC(=O)NCCC(F)(F)F)nc2c1. The van der Waals surface area contributed by atoms with Gasteiger partial charge in [-0.1, -0.05) is 0 Å². The molecule has 0 aliphatic heterocycles. The number of allylic oxidation sites excluding steroid dienone is 1. The van der Waals surface area contributed by atoms with Crippen molar-refractivity contribution in [3.8, 4) is 0 Å². The molecule has 2 aromatic heterocycles. The highest BCUT2D eigenvalue weighted by atomic mass is 19.4. The van der Waals surface area contributed by atoms with Crippen LogP contribution in [0.25, 0.3) is 16.6 Å². The van der Waals surface area contributed by atoms with E-state index in [1.54, 1.807) is 12.1 Å². The van der Waals surface area contributed by atoms with Crippen molar-refractivity contribution < 1.29 is 18.0 Å². The van der Waals surface area contributed by atoms with Crippen LogP contribution in [0.1, 0.15) is 12.0 Å². The van der Waals surface area contributed by atoms with Crippen LogP contribution in [0.15, 0.2) is 30.6 Å². The molecule has 2 heterocycles. The number of nitrogens with two attached hydrogens (primary N) is 1. The standard InChI is InChI=1S/C15H15F3N6O/c16-15(17,18)3-4-21-14(25)24-13-2-1-11-12(23-13)5-9(8-22-11)10(6-19)7-20/h1-2,5-8,19H,3-4,20H2,(H2,21,23,24,25)/b10-7+,19-6?. The van der Waals surface area contributed by atoms with Gasteiger partial charge < -0.3 is 16.5 Å². The fourth-order valence-corrected chi connectivity index (χ4v) is 1.94. The minimum atomic E-state index is -4.33. The summed E-state index contributed by atoms with van der Waals surface area (Å²) in [5.41, 5.74) is 7.43. The number of pyridine rings is 2. The number of fused-ring (bicyclic) bond motifs is 1. The van der Waals surface area contributed by atoms with Gasteiger partial charge in [0.05, 0.1) is 17.5 Å². The van der Waals surface area contributed by atoms with Crippen LogP contribution in [0, 0.1) is 5.41 Å². The van der Waals surface area contributed by atoms with E-state index in [4.69, 9.17) is 11.1 Å². The van der Waals surface area contributed by atoms with Crippen LogP contribution in [-0.2, 0) is 0 Å². The number of alkyl halides is 3. The Balaban J connectivity index is 2.11. The second kappa shape index (κ2) is 7.60. The number of nitrogens with zero attached hydrogens (tertiary/aromatic N) is 2. The molecule has 132 valence electrons. The Hall–Kier alpha value is -3.17. The number of rotatable bonds is 5. The summed E-state index contributed by atoms with van der Waals surface area (Å²) in [6.07, 6.45) is -1.59. The lowest BCUT2D eigenvalue weighted by Gasteiger charge is -2.09. The first-order chi connectivity index (χ1) is 11.8. The Kier molecular flexibility index (Phi) is 5.52. The summed E-state index contributed by atoms with van der Waals surface area (Å²) in [5.74, 6) is 0.157. The van der Waals surface area contributed by atoms with E-state index in [9.17, 15) is 18.0 Å². The summed E-state index contributed by atoms with van der Waals surface area (Å²) < 4.78 is 36.1. The molecule has 0 bridgehead atoms. The molecule has 0 aliphatic carbocycles. The van der Waals surface area contributed by atoms with E-state index < -0.39 is 25.2 Å². The van der Waals surface area contributed by atoms with E-state index >= 15 is 0 Å². The second-order valence-electron chi connectivity index (χ2n) is 4.97. The van der Waals surface area contributed by atoms with Crippen molar-refractivity contribution in [3.05, 3.63) is 36.2 Å². The zero-order valence-corrected chi connectivity index (χ0v) is 12.9. The number of hydrogen-bond donors (Lipinski definition) is 4. The predicted octanol–water partition coefficient (Wildman–Crippen LogP) is 2.65. The number of nitrogens with one attached hydrogen (secondary N) is 3. The number of amides is 2. The second-order valence-corrected chi connectivity index (χ2v) is 4.97. The number of carbonyl (C=O) groups excluding carboxylic acids is 1. The average molecular weight is 352 g/mol. The third kappa shape index (κ3) is 5.16. The smallest absolute Gasteiger partial charge is 0.390 e. The van der Waals surface area contributed by atoms with E-state index in [2.05, 4.69) is 20.6 Å². The Bertz CT molecular complexity index is 819. The zero-order valence-electron chi connectivity index (χ0n) is 12.9. The fraction of sp³-hybridized carbons (Fsp3) is 0.200. The first kappa shape index (κ1) is 18.2. The van der Waals surface area contributed by atoms with Crippen LogP contribution in [0.4, 0.5) is 23.8 Å². The Morgan fingerprint density at radius 3 is 2.72 bits per heavy atom. The van der Waals surface area contributed by atoms with Crippen molar-refractivity contribution >= 4 is 34.7 Å². The van der Waals surface area contributed by atoms with Crippen LogP contribution in [0.2, 0.25) is 0 Å². The van der Waals surface area contributed by atoms with Gasteiger partial charge in [0.25, 0.3) is 0 Å². The molecule has 0 aromatic carbocycles. The summed E-state index contributed by atoms with van der Waals surface area (Å²) in [7, 11) is 0. The number of hydrogen-bond acceptors (Lipinski definition) is 5. The van der Waals surface area contributed by atoms with Crippen LogP contribution in [0.5, 0.6) is 0 Å². The van der Waals surface area contributed by atoms with Gasteiger partial charge in [-0.2, -0.15) is 13.2 Å². The van der Waals surface area contributed by atoms with Crippen LogP contribution >= 0.6 is 0 Å². The molecular formula is C15H15F3N6O. The summed E-state index contributed by atoms with van der Waals surface area (Å²) in [5, 5.41) is 11.7. The van der Waals surface area contributed by atoms with Crippen molar-refractivity contribution in [2.45, 2.75) is 12.6 Å². The van der Waals surface area contributed by atoms with E-state index in [1.807, 2.05) is 0 Å². The molecule has 2 aromatic rings. The molecule has 10 heteroatoms. The maximum atomic E-state index is 12.0. The highest BCUT2D eigenvalue weighted by Gasteiger charge is 2.26. The summed E-state index contributed by atoms with van der Waals surface area (Å²) in [6.45, 7) is -0.529. The minimum absolute atomic E-state index is 0.157. The molecule has 0 radical (unpaired) electrons. The average Bonchev–Trinajstić information content (AvgIpc) is 2.54. The molecule has 0 atom stereocenters. The maximum absolute atomic E-state index is 12.0. The Morgan fingerprint density at radius 2 is 2.08 bits per heavy atom. The largest absolute Gasteiger partial charge is 0.404 e. The first-order valence-corrected chi connectivity index (χ1v) is 7.13. The van der Waals surface area contributed by atoms with E-state index in [0.717, 1.165) is 6.21 Å². The third-order valence-electron chi connectivity index (χ3n) is 3.14. The van der Waals surface area contributed by atoms with Crippen molar-refractivity contribution in [2.24, 2.45) is 5.73 Å². The molecule has 0 spiro atoms. The summed E-state index contributed by atoms with van der Waals surface area (Å²) >= 11 is 0. The van der Waals surface area contributed by atoms with Crippen molar-refractivity contribution in [1.29, 1.82) is 5.41 Å². The quantitative estimate of drug-likeness (QED) is 0.619. The monoisotopic (exact) mass is 352 g/mol. The van der Waals surface area contributed by atoms with Gasteiger partial charge in [-0.25, -0.2) is 9.78 Å². The van der Waals surface area contributed by atoms with Crippen molar-refractivity contribution in [3.63, 3.8) is 0 Å². The van der Waals surface area contributed by atoms with Gasteiger partial charge in [-0.3, -0.25) is 10.3 Å². The first-order valence-electron chi connectivity index (χ1n) is 7.13. The van der Waals surface area contributed by atoms with Gasteiger partial charge in [0.2, 0.25) is 0 Å². The molecule has 0 saturated heterocycles. The maximum Gasteiger partial charge on any atom is 0.390 e. The molecule has 25 heavy (non-hydrogen) atoms. The number of anilines is 1. The minimum Gasteiger partial charge on any atom is -0.404 e. The van der Waals surface area contributed by atoms with Gasteiger partial charge in [-0.05, 0) is 18.2 Å². The highest BCUT2D eigenvalue weighted by Crippen LogP contribution is 2.19. The number of aromatic nitrogens is 2.